The predicted molar refractivity (Wildman–Crippen MR) is 76.7 cm³/mol. The summed E-state index contributed by atoms with van der Waals surface area (Å²) < 4.78 is 3.55. The van der Waals surface area contributed by atoms with E-state index in [2.05, 4.69) is 30.4 Å². The van der Waals surface area contributed by atoms with E-state index >= 15 is 0 Å². The number of nitrogens with two attached hydrogens (primary N) is 1. The van der Waals surface area contributed by atoms with Gasteiger partial charge in [-0.25, -0.2) is 4.98 Å². The molecule has 0 aromatic carbocycles. The number of anilines is 2. The summed E-state index contributed by atoms with van der Waals surface area (Å²) in [5.74, 6) is 1.06. The summed E-state index contributed by atoms with van der Waals surface area (Å²) in [6, 6.07) is 1.90. The molecular formula is C12H15N9. The highest BCUT2D eigenvalue weighted by atomic mass is 15.3. The van der Waals surface area contributed by atoms with Crippen molar-refractivity contribution in [3.05, 3.63) is 37.2 Å². The molecule has 0 bridgehead atoms. The smallest absolute Gasteiger partial charge is 0.241 e. The van der Waals surface area contributed by atoms with Crippen LogP contribution in [-0.2, 0) is 6.54 Å². The van der Waals surface area contributed by atoms with Gasteiger partial charge < -0.3 is 11.1 Å². The molecule has 0 saturated heterocycles. The number of nitrogens with zero attached hydrogens (tertiary/aromatic N) is 7. The Morgan fingerprint density at radius 3 is 2.86 bits per heavy atom. The van der Waals surface area contributed by atoms with Crippen LogP contribution in [-0.4, -0.2) is 40.8 Å². The van der Waals surface area contributed by atoms with E-state index in [1.165, 1.54) is 0 Å². The maximum Gasteiger partial charge on any atom is 0.241 e. The third-order valence-electron chi connectivity index (χ3n) is 2.78. The lowest BCUT2D eigenvalue weighted by molar-refractivity contribution is 0.591. The lowest BCUT2D eigenvalue weighted by Gasteiger charge is -2.07. The number of nitrogens with one attached hydrogen (secondary N) is 1. The molecule has 3 N–H and O–H groups in total. The van der Waals surface area contributed by atoms with Crippen molar-refractivity contribution < 1.29 is 0 Å². The molecule has 9 heteroatoms. The highest BCUT2D eigenvalue weighted by molar-refractivity contribution is 5.34. The van der Waals surface area contributed by atoms with Crippen LogP contribution in [0.5, 0.6) is 0 Å². The number of imidazole rings is 1. The van der Waals surface area contributed by atoms with Crippen molar-refractivity contribution in [1.82, 2.24) is 34.3 Å². The van der Waals surface area contributed by atoms with E-state index in [1.54, 1.807) is 29.5 Å². The van der Waals surface area contributed by atoms with Crippen molar-refractivity contribution in [2.45, 2.75) is 13.0 Å². The third-order valence-corrected chi connectivity index (χ3v) is 2.78. The standard InChI is InChI=1S/C12H15N9/c13-10-17-11(15-3-1-6-21-7-2-4-16-21)19-12(18-10)20-8-5-14-9-20/h2,4-5,7-9H,1,3,6H2,(H3,13,15,17,18,19). The van der Waals surface area contributed by atoms with Crippen LogP contribution in [0.25, 0.3) is 5.95 Å². The molecule has 3 rings (SSSR count). The molecule has 108 valence electrons. The fourth-order valence-electron chi connectivity index (χ4n) is 1.83. The zero-order valence-electron chi connectivity index (χ0n) is 11.3. The van der Waals surface area contributed by atoms with Crippen molar-refractivity contribution in [3.8, 4) is 5.95 Å². The van der Waals surface area contributed by atoms with Crippen LogP contribution >= 0.6 is 0 Å². The van der Waals surface area contributed by atoms with Gasteiger partial charge in [-0.2, -0.15) is 20.1 Å². The Kier molecular flexibility index (Phi) is 3.72. The van der Waals surface area contributed by atoms with Crippen LogP contribution in [0.4, 0.5) is 11.9 Å². The van der Waals surface area contributed by atoms with Gasteiger partial charge in [0.15, 0.2) is 0 Å². The van der Waals surface area contributed by atoms with Gasteiger partial charge in [-0.3, -0.25) is 9.25 Å². The zero-order chi connectivity index (χ0) is 14.5. The van der Waals surface area contributed by atoms with E-state index in [-0.39, 0.29) is 5.95 Å². The Hall–Kier alpha value is -2.97. The Labute approximate surface area is 120 Å². The van der Waals surface area contributed by atoms with Gasteiger partial charge in [-0.15, -0.1) is 0 Å². The normalized spacial score (nSPS) is 10.7. The first kappa shape index (κ1) is 13.0. The third kappa shape index (κ3) is 3.32. The monoisotopic (exact) mass is 285 g/mol. The highest BCUT2D eigenvalue weighted by Crippen LogP contribution is 2.06. The van der Waals surface area contributed by atoms with Crippen molar-refractivity contribution in [1.29, 1.82) is 0 Å². The molecule has 0 saturated carbocycles. The van der Waals surface area contributed by atoms with Gasteiger partial charge in [0.25, 0.3) is 0 Å². The summed E-state index contributed by atoms with van der Waals surface area (Å²) in [6.45, 7) is 1.54. The summed E-state index contributed by atoms with van der Waals surface area (Å²) in [4.78, 5) is 16.4. The molecule has 3 aromatic heterocycles. The van der Waals surface area contributed by atoms with Crippen molar-refractivity contribution >= 4 is 11.9 Å². The molecule has 0 unspecified atom stereocenters. The van der Waals surface area contributed by atoms with Crippen LogP contribution in [0.3, 0.4) is 0 Å². The summed E-state index contributed by atoms with van der Waals surface area (Å²) in [6.07, 6.45) is 9.59. The van der Waals surface area contributed by atoms with E-state index in [0.717, 1.165) is 13.0 Å². The molecule has 0 radical (unpaired) electrons. The molecule has 0 aliphatic heterocycles. The molecule has 3 aromatic rings. The second-order valence-corrected chi connectivity index (χ2v) is 4.34. The second-order valence-electron chi connectivity index (χ2n) is 4.34. The molecule has 0 fully saturated rings. The van der Waals surface area contributed by atoms with Gasteiger partial charge in [0.05, 0.1) is 0 Å². The highest BCUT2D eigenvalue weighted by Gasteiger charge is 2.05. The number of aryl methyl sites for hydroxylation is 1. The molecule has 3 heterocycles. The Balaban J connectivity index is 1.60. The minimum atomic E-state index is 0.170. The Morgan fingerprint density at radius 2 is 2.10 bits per heavy atom. The van der Waals surface area contributed by atoms with Gasteiger partial charge in [0.1, 0.15) is 6.33 Å². The summed E-state index contributed by atoms with van der Waals surface area (Å²) in [5.41, 5.74) is 5.70. The SMILES string of the molecule is Nc1nc(NCCCn2cccn2)nc(-n2ccnc2)n1. The maximum atomic E-state index is 5.70. The molecule has 0 amide bonds. The van der Waals surface area contributed by atoms with Crippen LogP contribution < -0.4 is 11.1 Å². The number of nitrogen functional groups attached to an aromatic ring is 1. The van der Waals surface area contributed by atoms with E-state index < -0.39 is 0 Å². The number of hydrogen-bond donors (Lipinski definition) is 2. The number of aromatic nitrogens is 7. The molecule has 9 nitrogen and oxygen atoms in total. The van der Waals surface area contributed by atoms with Crippen molar-refractivity contribution in [2.24, 2.45) is 0 Å². The van der Waals surface area contributed by atoms with E-state index in [9.17, 15) is 0 Å². The predicted octanol–water partition coefficient (Wildman–Crippen LogP) is 0.338. The molecule has 0 atom stereocenters. The fourth-order valence-corrected chi connectivity index (χ4v) is 1.83. The lowest BCUT2D eigenvalue weighted by Crippen LogP contribution is -2.13. The molecule has 0 aliphatic carbocycles. The van der Waals surface area contributed by atoms with Crippen LogP contribution in [0.2, 0.25) is 0 Å². The first-order valence-electron chi connectivity index (χ1n) is 6.52. The minimum Gasteiger partial charge on any atom is -0.368 e. The lowest BCUT2D eigenvalue weighted by atomic mass is 10.4. The number of rotatable bonds is 6. The Morgan fingerprint density at radius 1 is 1.14 bits per heavy atom. The second kappa shape index (κ2) is 5.99. The largest absolute Gasteiger partial charge is 0.368 e. The van der Waals surface area contributed by atoms with Crippen LogP contribution in [0.15, 0.2) is 37.2 Å². The van der Waals surface area contributed by atoms with Crippen LogP contribution in [0, 0.1) is 0 Å². The van der Waals surface area contributed by atoms with Gasteiger partial charge in [0.2, 0.25) is 17.8 Å². The summed E-state index contributed by atoms with van der Waals surface area (Å²) in [5, 5.41) is 7.27. The van der Waals surface area contributed by atoms with Crippen molar-refractivity contribution in [2.75, 3.05) is 17.6 Å². The average Bonchev–Trinajstić information content (AvgIpc) is 3.16. The van der Waals surface area contributed by atoms with Gasteiger partial charge >= 0.3 is 0 Å². The van der Waals surface area contributed by atoms with E-state index in [1.807, 2.05) is 16.9 Å². The topological polar surface area (TPSA) is 112 Å². The van der Waals surface area contributed by atoms with Crippen molar-refractivity contribution in [3.63, 3.8) is 0 Å². The van der Waals surface area contributed by atoms with E-state index in [4.69, 9.17) is 5.73 Å². The first-order chi connectivity index (χ1) is 10.3. The molecule has 0 aliphatic rings. The maximum absolute atomic E-state index is 5.70. The molecule has 21 heavy (non-hydrogen) atoms. The van der Waals surface area contributed by atoms with Crippen LogP contribution in [0.1, 0.15) is 6.42 Å². The van der Waals surface area contributed by atoms with E-state index in [0.29, 0.717) is 18.4 Å². The van der Waals surface area contributed by atoms with Gasteiger partial charge in [-0.1, -0.05) is 0 Å². The average molecular weight is 285 g/mol. The number of hydrogen-bond acceptors (Lipinski definition) is 7. The first-order valence-corrected chi connectivity index (χ1v) is 6.52. The minimum absolute atomic E-state index is 0.170. The quantitative estimate of drug-likeness (QED) is 0.628. The molecule has 0 spiro atoms. The van der Waals surface area contributed by atoms with Gasteiger partial charge in [0, 0.05) is 37.9 Å². The summed E-state index contributed by atoms with van der Waals surface area (Å²) >= 11 is 0. The molecular weight excluding hydrogens is 270 g/mol. The Bertz CT molecular complexity index is 675. The summed E-state index contributed by atoms with van der Waals surface area (Å²) in [7, 11) is 0. The van der Waals surface area contributed by atoms with Gasteiger partial charge in [-0.05, 0) is 12.5 Å². The zero-order valence-corrected chi connectivity index (χ0v) is 11.3. The fraction of sp³-hybridized carbons (Fsp3) is 0.250.